The summed E-state index contributed by atoms with van der Waals surface area (Å²) in [5, 5.41) is 10.9. The first-order valence-corrected chi connectivity index (χ1v) is 7.13. The first-order valence-electron chi connectivity index (χ1n) is 7.13. The zero-order chi connectivity index (χ0) is 15.1. The number of aryl methyl sites for hydroxylation is 1. The quantitative estimate of drug-likeness (QED) is 0.655. The van der Waals surface area contributed by atoms with Crippen LogP contribution in [-0.4, -0.2) is 5.11 Å². The van der Waals surface area contributed by atoms with Crippen LogP contribution in [0.1, 0.15) is 29.5 Å². The predicted molar refractivity (Wildman–Crippen MR) is 87.8 cm³/mol. The minimum Gasteiger partial charge on any atom is -0.373 e. The third-order valence-electron chi connectivity index (χ3n) is 3.43. The molecule has 21 heavy (non-hydrogen) atoms. The number of rotatable bonds is 4. The Morgan fingerprint density at radius 3 is 2.38 bits per heavy atom. The van der Waals surface area contributed by atoms with E-state index in [0.717, 1.165) is 11.1 Å². The molecule has 0 aliphatic heterocycles. The van der Waals surface area contributed by atoms with Crippen LogP contribution >= 0.6 is 0 Å². The van der Waals surface area contributed by atoms with Gasteiger partial charge in [0.05, 0.1) is 0 Å². The van der Waals surface area contributed by atoms with Crippen LogP contribution in [0.2, 0.25) is 0 Å². The number of hydrogen-bond donors (Lipinski definition) is 1. The van der Waals surface area contributed by atoms with E-state index in [4.69, 9.17) is 0 Å². The Morgan fingerprint density at radius 1 is 1.10 bits per heavy atom. The number of aliphatic hydroxyl groups is 1. The summed E-state index contributed by atoms with van der Waals surface area (Å²) in [5.41, 5.74) is 1.76. The summed E-state index contributed by atoms with van der Waals surface area (Å²) in [6.07, 6.45) is 3.07. The van der Waals surface area contributed by atoms with E-state index < -0.39 is 5.60 Å². The van der Waals surface area contributed by atoms with Gasteiger partial charge in [-0.3, -0.25) is 0 Å². The number of benzene rings is 2. The highest BCUT2D eigenvalue weighted by Crippen LogP contribution is 2.26. The van der Waals surface area contributed by atoms with Gasteiger partial charge in [-0.05, 0) is 37.5 Å². The lowest BCUT2D eigenvalue weighted by molar-refractivity contribution is 0.0914. The van der Waals surface area contributed by atoms with Crippen molar-refractivity contribution in [2.45, 2.75) is 25.4 Å². The molecule has 0 bridgehead atoms. The SMILES string of the molecule is C=CCCC(O)(C#Cc1ccccc1)c1ccc(C)cc1. The van der Waals surface area contributed by atoms with Gasteiger partial charge in [-0.2, -0.15) is 0 Å². The molecule has 0 fully saturated rings. The molecule has 2 rings (SSSR count). The largest absolute Gasteiger partial charge is 0.373 e. The van der Waals surface area contributed by atoms with Crippen LogP contribution in [0.15, 0.2) is 67.3 Å². The molecule has 2 aromatic carbocycles. The summed E-state index contributed by atoms with van der Waals surface area (Å²) in [6.45, 7) is 5.76. The van der Waals surface area contributed by atoms with E-state index in [0.29, 0.717) is 12.8 Å². The van der Waals surface area contributed by atoms with E-state index >= 15 is 0 Å². The average molecular weight is 276 g/mol. The van der Waals surface area contributed by atoms with Crippen molar-refractivity contribution in [2.75, 3.05) is 0 Å². The Hall–Kier alpha value is -2.30. The minimum absolute atomic E-state index is 0.541. The lowest BCUT2D eigenvalue weighted by atomic mass is 9.89. The third-order valence-corrected chi connectivity index (χ3v) is 3.43. The predicted octanol–water partition coefficient (Wildman–Crippen LogP) is 4.20. The van der Waals surface area contributed by atoms with Crippen molar-refractivity contribution in [1.82, 2.24) is 0 Å². The van der Waals surface area contributed by atoms with Crippen LogP contribution < -0.4 is 0 Å². The summed E-state index contributed by atoms with van der Waals surface area (Å²) < 4.78 is 0. The highest BCUT2D eigenvalue weighted by Gasteiger charge is 2.25. The molecule has 1 nitrogen and oxygen atoms in total. The summed E-state index contributed by atoms with van der Waals surface area (Å²) >= 11 is 0. The van der Waals surface area contributed by atoms with Gasteiger partial charge in [-0.15, -0.1) is 6.58 Å². The van der Waals surface area contributed by atoms with Gasteiger partial charge in [0.1, 0.15) is 0 Å². The van der Waals surface area contributed by atoms with Crippen molar-refractivity contribution >= 4 is 0 Å². The Labute approximate surface area is 127 Å². The molecule has 0 amide bonds. The van der Waals surface area contributed by atoms with Gasteiger partial charge in [-0.1, -0.05) is 65.9 Å². The minimum atomic E-state index is -1.14. The Kier molecular flexibility index (Phi) is 4.98. The molecule has 1 atom stereocenters. The molecule has 106 valence electrons. The second-order valence-corrected chi connectivity index (χ2v) is 5.17. The topological polar surface area (TPSA) is 20.2 Å². The molecular formula is C20H20O. The fourth-order valence-electron chi connectivity index (χ4n) is 2.12. The fourth-order valence-corrected chi connectivity index (χ4v) is 2.12. The molecule has 0 heterocycles. The highest BCUT2D eigenvalue weighted by molar-refractivity contribution is 5.40. The second kappa shape index (κ2) is 6.92. The first-order chi connectivity index (χ1) is 10.1. The molecule has 1 N–H and O–H groups in total. The maximum Gasteiger partial charge on any atom is 0.151 e. The highest BCUT2D eigenvalue weighted by atomic mass is 16.3. The van der Waals surface area contributed by atoms with Gasteiger partial charge in [0.2, 0.25) is 0 Å². The van der Waals surface area contributed by atoms with E-state index in [1.807, 2.05) is 67.6 Å². The van der Waals surface area contributed by atoms with Crippen molar-refractivity contribution in [3.63, 3.8) is 0 Å². The van der Waals surface area contributed by atoms with Crippen LogP contribution in [0, 0.1) is 18.8 Å². The lowest BCUT2D eigenvalue weighted by Gasteiger charge is -2.22. The maximum absolute atomic E-state index is 10.9. The van der Waals surface area contributed by atoms with Gasteiger partial charge < -0.3 is 5.11 Å². The zero-order valence-corrected chi connectivity index (χ0v) is 12.3. The maximum atomic E-state index is 10.9. The van der Waals surface area contributed by atoms with Crippen molar-refractivity contribution in [1.29, 1.82) is 0 Å². The van der Waals surface area contributed by atoms with E-state index in [9.17, 15) is 5.11 Å². The van der Waals surface area contributed by atoms with Crippen molar-refractivity contribution in [3.05, 3.63) is 83.9 Å². The summed E-state index contributed by atoms with van der Waals surface area (Å²) in [6, 6.07) is 17.6. The fraction of sp³-hybridized carbons (Fsp3) is 0.200. The Balaban J connectivity index is 2.35. The third kappa shape index (κ3) is 4.08. The van der Waals surface area contributed by atoms with Gasteiger partial charge >= 0.3 is 0 Å². The van der Waals surface area contributed by atoms with Crippen molar-refractivity contribution in [2.24, 2.45) is 0 Å². The molecule has 0 aliphatic rings. The number of allylic oxidation sites excluding steroid dienone is 1. The molecule has 0 radical (unpaired) electrons. The van der Waals surface area contributed by atoms with Crippen LogP contribution in [-0.2, 0) is 5.60 Å². The average Bonchev–Trinajstić information content (AvgIpc) is 2.52. The molecule has 0 saturated heterocycles. The first kappa shape index (κ1) is 15.1. The normalized spacial score (nSPS) is 12.9. The van der Waals surface area contributed by atoms with Gasteiger partial charge in [-0.25, -0.2) is 0 Å². The summed E-state index contributed by atoms with van der Waals surface area (Å²) in [4.78, 5) is 0. The van der Waals surface area contributed by atoms with E-state index in [1.54, 1.807) is 0 Å². The lowest BCUT2D eigenvalue weighted by Crippen LogP contribution is -2.23. The van der Waals surface area contributed by atoms with Crippen LogP contribution in [0.25, 0.3) is 0 Å². The van der Waals surface area contributed by atoms with E-state index in [1.165, 1.54) is 5.56 Å². The van der Waals surface area contributed by atoms with E-state index in [2.05, 4.69) is 18.4 Å². The Bertz CT molecular complexity index is 644. The van der Waals surface area contributed by atoms with E-state index in [-0.39, 0.29) is 0 Å². The van der Waals surface area contributed by atoms with Gasteiger partial charge in [0.15, 0.2) is 5.60 Å². The van der Waals surface area contributed by atoms with Crippen LogP contribution in [0.4, 0.5) is 0 Å². The van der Waals surface area contributed by atoms with Gasteiger partial charge in [0.25, 0.3) is 0 Å². The standard InChI is InChI=1S/C20H20O/c1-3-4-15-20(21,19-12-10-17(2)11-13-19)16-14-18-8-6-5-7-9-18/h3,5-13,21H,1,4,15H2,2H3. The molecule has 1 unspecified atom stereocenters. The zero-order valence-electron chi connectivity index (χ0n) is 12.3. The summed E-state index contributed by atoms with van der Waals surface area (Å²) in [7, 11) is 0. The molecular weight excluding hydrogens is 256 g/mol. The Morgan fingerprint density at radius 2 is 1.76 bits per heavy atom. The second-order valence-electron chi connectivity index (χ2n) is 5.17. The number of hydrogen-bond acceptors (Lipinski definition) is 1. The molecule has 0 spiro atoms. The summed E-state index contributed by atoms with van der Waals surface area (Å²) in [5.74, 6) is 6.11. The van der Waals surface area contributed by atoms with Crippen LogP contribution in [0.5, 0.6) is 0 Å². The molecule has 0 aliphatic carbocycles. The van der Waals surface area contributed by atoms with Gasteiger partial charge in [0, 0.05) is 5.56 Å². The molecule has 0 aromatic heterocycles. The van der Waals surface area contributed by atoms with Crippen molar-refractivity contribution in [3.8, 4) is 11.8 Å². The monoisotopic (exact) mass is 276 g/mol. The van der Waals surface area contributed by atoms with Crippen molar-refractivity contribution < 1.29 is 5.11 Å². The molecule has 1 heteroatoms. The molecule has 2 aromatic rings. The smallest absolute Gasteiger partial charge is 0.151 e. The molecule has 0 saturated carbocycles. The van der Waals surface area contributed by atoms with Crippen LogP contribution in [0.3, 0.4) is 0 Å².